The number of nitrogens with zero attached hydrogens (tertiary/aromatic N) is 4. The second kappa shape index (κ2) is 14.4. The predicted molar refractivity (Wildman–Crippen MR) is 199 cm³/mol. The number of fused-ring (bicyclic) bond motifs is 4. The number of carbonyl (C=O) groups is 1. The number of anilines is 1. The number of aryl methyl sites for hydroxylation is 1. The Labute approximate surface area is 315 Å². The lowest BCUT2D eigenvalue weighted by molar-refractivity contribution is -0.365. The molecule has 6 N–H and O–H groups in total. The van der Waals surface area contributed by atoms with E-state index in [9.17, 15) is 35.1 Å². The number of allylic oxidation sites excluding steroid dienone is 2. The molecule has 1 amide bonds. The maximum Gasteiger partial charge on any atom is 0.220 e. The van der Waals surface area contributed by atoms with Crippen LogP contribution < -0.4 is 20.4 Å². The summed E-state index contributed by atoms with van der Waals surface area (Å²) in [6, 6.07) is 3.17. The third-order valence-electron chi connectivity index (χ3n) is 11.5. The first-order valence-electron chi connectivity index (χ1n) is 18.5. The largest absolute Gasteiger partial charge is 0.482 e. The minimum atomic E-state index is -2.39. The summed E-state index contributed by atoms with van der Waals surface area (Å²) in [7, 11) is 0. The van der Waals surface area contributed by atoms with Crippen LogP contribution in [0, 0.1) is 12.8 Å². The number of nitrogens with one attached hydrogen (secondary N) is 1. The van der Waals surface area contributed by atoms with Gasteiger partial charge in [-0.1, -0.05) is 0 Å². The highest BCUT2D eigenvalue weighted by atomic mass is 17.2. The number of benzene rings is 1. The molecule has 0 saturated carbocycles. The Morgan fingerprint density at radius 3 is 2.69 bits per heavy atom. The average molecular weight is 760 g/mol. The molecule has 6 aliphatic heterocycles. The Morgan fingerprint density at radius 2 is 1.93 bits per heavy atom. The Kier molecular flexibility index (Phi) is 9.78. The van der Waals surface area contributed by atoms with E-state index in [-0.39, 0.29) is 30.2 Å². The van der Waals surface area contributed by atoms with Gasteiger partial charge in [0, 0.05) is 61.8 Å². The summed E-state index contributed by atoms with van der Waals surface area (Å²) in [5.74, 6) is 0.999. The molecule has 7 unspecified atom stereocenters. The van der Waals surface area contributed by atoms with Gasteiger partial charge in [0.25, 0.3) is 0 Å². The van der Waals surface area contributed by atoms with Gasteiger partial charge in [-0.2, -0.15) is 0 Å². The third-order valence-corrected chi connectivity index (χ3v) is 11.5. The number of ether oxygens (including phenoxy) is 1. The second-order valence-corrected chi connectivity index (χ2v) is 15.3. The summed E-state index contributed by atoms with van der Waals surface area (Å²) in [5.41, 5.74) is 1.09. The van der Waals surface area contributed by atoms with Crippen molar-refractivity contribution in [1.82, 2.24) is 10.2 Å². The van der Waals surface area contributed by atoms with Crippen LogP contribution in [0.5, 0.6) is 5.75 Å². The lowest BCUT2D eigenvalue weighted by atomic mass is 9.83. The fourth-order valence-electron chi connectivity index (χ4n) is 8.20. The van der Waals surface area contributed by atoms with E-state index in [1.807, 2.05) is 30.2 Å². The maximum absolute atomic E-state index is 13.4. The monoisotopic (exact) mass is 759 g/mol. The summed E-state index contributed by atoms with van der Waals surface area (Å²) in [6.45, 7) is 3.11. The quantitative estimate of drug-likeness (QED) is 0.115. The molecule has 1 aromatic carbocycles. The van der Waals surface area contributed by atoms with Crippen LogP contribution in [0.1, 0.15) is 37.5 Å². The Hall–Kier alpha value is -4.68. The zero-order valence-corrected chi connectivity index (χ0v) is 30.6. The first-order valence-corrected chi connectivity index (χ1v) is 18.5. The predicted octanol–water partition coefficient (Wildman–Crippen LogP) is 0.674. The van der Waals surface area contributed by atoms with Gasteiger partial charge in [0.15, 0.2) is 16.8 Å². The SMILES string of the molecule is Cc1cc(=O)c2cc3c(c(N4C=C5N=CC=C5C4)c2o1)OC(C)(CCC1CNC(=O)C1)C(OOCC(O)C(O)(CN1CC=C2N=CC=C21)C(O)C(O)CO)C3. The van der Waals surface area contributed by atoms with E-state index in [2.05, 4.69) is 15.3 Å². The van der Waals surface area contributed by atoms with Crippen molar-refractivity contribution >= 4 is 35.0 Å². The number of aliphatic imine (C=N–C) groups is 2. The zero-order valence-electron chi connectivity index (χ0n) is 30.6. The molecule has 2 aromatic rings. The molecule has 0 spiro atoms. The maximum atomic E-state index is 13.4. The summed E-state index contributed by atoms with van der Waals surface area (Å²) in [4.78, 5) is 49.6. The molecule has 6 aliphatic rings. The number of aliphatic hydroxyl groups is 5. The molecule has 7 atom stereocenters. The number of amides is 1. The van der Waals surface area contributed by atoms with Crippen molar-refractivity contribution in [3.05, 3.63) is 80.8 Å². The van der Waals surface area contributed by atoms with E-state index in [4.69, 9.17) is 18.9 Å². The smallest absolute Gasteiger partial charge is 0.220 e. The fraction of sp³-hybridized carbons (Fsp3) is 0.487. The average Bonchev–Trinajstić information content (AvgIpc) is 4.00. The lowest BCUT2D eigenvalue weighted by Gasteiger charge is -2.44. The van der Waals surface area contributed by atoms with Crippen molar-refractivity contribution in [3.8, 4) is 5.75 Å². The first-order chi connectivity index (χ1) is 26.4. The molecule has 0 aliphatic carbocycles. The number of carbonyl (C=O) groups excluding carboxylic acids is 1. The Bertz CT molecular complexity index is 2140. The van der Waals surface area contributed by atoms with Crippen LogP contribution in [-0.4, -0.2) is 124 Å². The van der Waals surface area contributed by atoms with Crippen molar-refractivity contribution in [2.45, 2.75) is 75.1 Å². The minimum absolute atomic E-state index is 0.0161. The van der Waals surface area contributed by atoms with Crippen LogP contribution in [0.25, 0.3) is 11.0 Å². The van der Waals surface area contributed by atoms with Gasteiger partial charge in [0.2, 0.25) is 5.91 Å². The number of rotatable bonds is 14. The van der Waals surface area contributed by atoms with Crippen molar-refractivity contribution in [2.75, 3.05) is 44.3 Å². The second-order valence-electron chi connectivity index (χ2n) is 15.3. The number of hydrogen-bond acceptors (Lipinski definition) is 15. The van der Waals surface area contributed by atoms with Crippen molar-refractivity contribution < 1.29 is 49.3 Å². The Morgan fingerprint density at radius 1 is 1.13 bits per heavy atom. The molecule has 292 valence electrons. The highest BCUT2D eigenvalue weighted by molar-refractivity contribution is 5.96. The van der Waals surface area contributed by atoms with Crippen LogP contribution in [-0.2, 0) is 21.0 Å². The van der Waals surface area contributed by atoms with Gasteiger partial charge >= 0.3 is 0 Å². The van der Waals surface area contributed by atoms with E-state index >= 15 is 0 Å². The topological polar surface area (TPSA) is 219 Å². The van der Waals surface area contributed by atoms with Gasteiger partial charge in [-0.25, -0.2) is 9.78 Å². The van der Waals surface area contributed by atoms with E-state index < -0.39 is 48.8 Å². The van der Waals surface area contributed by atoms with Gasteiger partial charge in [-0.3, -0.25) is 19.6 Å². The summed E-state index contributed by atoms with van der Waals surface area (Å²) >= 11 is 0. The van der Waals surface area contributed by atoms with Gasteiger partial charge in [0.1, 0.15) is 53.7 Å². The molecule has 8 rings (SSSR count). The van der Waals surface area contributed by atoms with Crippen LogP contribution in [0.4, 0.5) is 5.69 Å². The summed E-state index contributed by atoms with van der Waals surface area (Å²) in [6.07, 6.45) is 6.00. The lowest BCUT2D eigenvalue weighted by Crippen LogP contribution is -2.63. The third kappa shape index (κ3) is 6.81. The highest BCUT2D eigenvalue weighted by Crippen LogP contribution is 2.49. The molecule has 16 heteroatoms. The summed E-state index contributed by atoms with van der Waals surface area (Å²) in [5, 5.41) is 57.5. The number of β-amino-alcohol motifs (C(OH)–C–C–N with tert-alkyl or cyclic N) is 1. The van der Waals surface area contributed by atoms with Crippen LogP contribution >= 0.6 is 0 Å². The van der Waals surface area contributed by atoms with E-state index in [0.717, 1.165) is 11.3 Å². The highest BCUT2D eigenvalue weighted by Gasteiger charge is 2.50. The molecule has 0 radical (unpaired) electrons. The normalized spacial score (nSPS) is 26.5. The van der Waals surface area contributed by atoms with Crippen molar-refractivity contribution in [3.63, 3.8) is 0 Å². The van der Waals surface area contributed by atoms with E-state index in [1.54, 1.807) is 36.4 Å². The molecular weight excluding hydrogens is 714 g/mol. The van der Waals surface area contributed by atoms with Crippen LogP contribution in [0.15, 0.2) is 78.4 Å². The van der Waals surface area contributed by atoms with E-state index in [1.165, 1.54) is 6.07 Å². The van der Waals surface area contributed by atoms with Crippen molar-refractivity contribution in [2.24, 2.45) is 15.9 Å². The molecule has 1 aromatic heterocycles. The summed E-state index contributed by atoms with van der Waals surface area (Å²) < 4.78 is 13.2. The first kappa shape index (κ1) is 37.3. The minimum Gasteiger partial charge on any atom is -0.482 e. The van der Waals surface area contributed by atoms with Gasteiger partial charge in [-0.05, 0) is 56.9 Å². The number of hydrogen-bond donors (Lipinski definition) is 6. The van der Waals surface area contributed by atoms with Crippen LogP contribution in [0.2, 0.25) is 0 Å². The van der Waals surface area contributed by atoms with Crippen LogP contribution in [0.3, 0.4) is 0 Å². The molecule has 1 saturated heterocycles. The fourth-order valence-corrected chi connectivity index (χ4v) is 8.20. The molecule has 55 heavy (non-hydrogen) atoms. The standard InChI is InChI=1S/C39H45N5O11/c1-21-11-29(46)25-13-24-14-32(55-52-19-31(48)39(51,37(50)30(47)18-45)20-43-10-6-26-28(43)5-9-40-26)38(2,7-3-22-12-33(49)42-15-22)54-35(24)34(36(25)53-21)44-16-23-4-8-41-27(23)17-44/h4-6,8-9,11,13,17,22,30-32,37,45,47-48,50-51H,3,7,10,12,14-16,18-20H2,1-2H3,(H,42,49). The van der Waals surface area contributed by atoms with E-state index in [0.29, 0.717) is 84.0 Å². The van der Waals surface area contributed by atoms with Gasteiger partial charge in [-0.15, -0.1) is 0 Å². The molecule has 7 heterocycles. The zero-order chi connectivity index (χ0) is 38.6. The Balaban J connectivity index is 1.09. The van der Waals surface area contributed by atoms with Gasteiger partial charge < -0.3 is 49.8 Å². The molecule has 0 bridgehead atoms. The van der Waals surface area contributed by atoms with Crippen molar-refractivity contribution in [1.29, 1.82) is 0 Å². The number of aliphatic hydroxyl groups excluding tert-OH is 4. The molecule has 1 fully saturated rings. The molecular formula is C39H45N5O11. The molecule has 16 nitrogen and oxygen atoms in total. The van der Waals surface area contributed by atoms with Gasteiger partial charge in [0.05, 0.1) is 42.2 Å².